The molecular weight excluding hydrogens is 248 g/mol. The molecule has 1 N–H and O–H groups in total. The predicted molar refractivity (Wildman–Crippen MR) is 73.4 cm³/mol. The highest BCUT2D eigenvalue weighted by molar-refractivity contribution is 7.12. The van der Waals surface area contributed by atoms with Gasteiger partial charge in [-0.15, -0.1) is 11.3 Å². The largest absolute Gasteiger partial charge is 0.379 e. The Morgan fingerprint density at radius 1 is 1.44 bits per heavy atom. The van der Waals surface area contributed by atoms with Crippen molar-refractivity contribution in [1.82, 2.24) is 10.2 Å². The highest BCUT2D eigenvalue weighted by Gasteiger charge is 2.09. The maximum absolute atomic E-state index is 11.7. The van der Waals surface area contributed by atoms with E-state index >= 15 is 0 Å². The van der Waals surface area contributed by atoms with Crippen LogP contribution in [-0.4, -0.2) is 56.6 Å². The zero-order valence-electron chi connectivity index (χ0n) is 10.6. The average Bonchev–Trinajstić information content (AvgIpc) is 2.93. The first-order chi connectivity index (χ1) is 8.86. The van der Waals surface area contributed by atoms with E-state index in [2.05, 4.69) is 10.2 Å². The summed E-state index contributed by atoms with van der Waals surface area (Å²) in [5.74, 6) is 0.191. The molecule has 2 rings (SSSR count). The van der Waals surface area contributed by atoms with Crippen molar-refractivity contribution in [2.24, 2.45) is 0 Å². The summed E-state index contributed by atoms with van der Waals surface area (Å²) in [6, 6.07) is 3.79. The van der Waals surface area contributed by atoms with Crippen molar-refractivity contribution < 1.29 is 9.53 Å². The number of carbonyl (C=O) groups is 1. The van der Waals surface area contributed by atoms with Crippen LogP contribution in [0, 0.1) is 0 Å². The van der Waals surface area contributed by atoms with Crippen LogP contribution in [0.4, 0.5) is 0 Å². The third-order valence-corrected chi connectivity index (χ3v) is 3.92. The summed E-state index contributed by atoms with van der Waals surface area (Å²) in [6.07, 6.45) is 1.08. The van der Waals surface area contributed by atoms with Gasteiger partial charge in [-0.05, 0) is 31.0 Å². The van der Waals surface area contributed by atoms with Crippen LogP contribution in [-0.2, 0) is 4.74 Å². The third-order valence-electron chi connectivity index (χ3n) is 3.01. The first-order valence-corrected chi connectivity index (χ1v) is 7.32. The van der Waals surface area contributed by atoms with E-state index in [-0.39, 0.29) is 5.78 Å². The van der Waals surface area contributed by atoms with Crippen LogP contribution in [0.3, 0.4) is 0 Å². The van der Waals surface area contributed by atoms with Crippen molar-refractivity contribution in [2.75, 3.05) is 45.9 Å². The maximum Gasteiger partial charge on any atom is 0.186 e. The Morgan fingerprint density at radius 3 is 3.00 bits per heavy atom. The summed E-state index contributed by atoms with van der Waals surface area (Å²) in [5, 5.41) is 5.15. The summed E-state index contributed by atoms with van der Waals surface area (Å²) in [6.45, 7) is 6.21. The van der Waals surface area contributed by atoms with Gasteiger partial charge < -0.3 is 10.1 Å². The molecule has 0 amide bonds. The van der Waals surface area contributed by atoms with E-state index in [0.29, 0.717) is 6.54 Å². The number of morpholine rings is 1. The topological polar surface area (TPSA) is 41.6 Å². The van der Waals surface area contributed by atoms with Crippen LogP contribution in [0.25, 0.3) is 0 Å². The van der Waals surface area contributed by atoms with Gasteiger partial charge >= 0.3 is 0 Å². The van der Waals surface area contributed by atoms with E-state index in [4.69, 9.17) is 4.74 Å². The van der Waals surface area contributed by atoms with Gasteiger partial charge in [0, 0.05) is 13.1 Å². The number of nitrogens with one attached hydrogen (secondary N) is 1. The first-order valence-electron chi connectivity index (χ1n) is 6.44. The van der Waals surface area contributed by atoms with Crippen LogP contribution in [0.2, 0.25) is 0 Å². The Hall–Kier alpha value is -0.750. The fraction of sp³-hybridized carbons (Fsp3) is 0.615. The second kappa shape index (κ2) is 7.63. The van der Waals surface area contributed by atoms with Gasteiger partial charge in [-0.1, -0.05) is 6.07 Å². The van der Waals surface area contributed by atoms with Gasteiger partial charge in [0.2, 0.25) is 0 Å². The van der Waals surface area contributed by atoms with E-state index in [1.54, 1.807) is 0 Å². The highest BCUT2D eigenvalue weighted by atomic mass is 32.1. The fourth-order valence-corrected chi connectivity index (χ4v) is 2.64. The molecule has 0 aliphatic carbocycles. The zero-order valence-corrected chi connectivity index (χ0v) is 11.4. The lowest BCUT2D eigenvalue weighted by Crippen LogP contribution is -2.38. The molecule has 0 spiro atoms. The molecule has 1 aromatic heterocycles. The highest BCUT2D eigenvalue weighted by Crippen LogP contribution is 2.08. The SMILES string of the molecule is O=C(CNCCCN1CCOCC1)c1cccs1. The number of nitrogens with zero attached hydrogens (tertiary/aromatic N) is 1. The molecule has 5 heteroatoms. The quantitative estimate of drug-likeness (QED) is 0.597. The summed E-state index contributed by atoms with van der Waals surface area (Å²) in [4.78, 5) is 14.9. The molecule has 0 radical (unpaired) electrons. The summed E-state index contributed by atoms with van der Waals surface area (Å²) < 4.78 is 5.30. The molecule has 100 valence electrons. The van der Waals surface area contributed by atoms with Gasteiger partial charge in [0.15, 0.2) is 5.78 Å². The Labute approximate surface area is 112 Å². The molecule has 4 nitrogen and oxygen atoms in total. The van der Waals surface area contributed by atoms with Gasteiger partial charge in [-0.25, -0.2) is 0 Å². The Balaban J connectivity index is 1.52. The van der Waals surface area contributed by atoms with Crippen molar-refractivity contribution in [3.8, 4) is 0 Å². The maximum atomic E-state index is 11.7. The molecule has 2 heterocycles. The molecular formula is C13H20N2O2S. The van der Waals surface area contributed by atoms with E-state index in [1.807, 2.05) is 17.5 Å². The molecule has 1 aliphatic rings. The van der Waals surface area contributed by atoms with Crippen molar-refractivity contribution in [3.05, 3.63) is 22.4 Å². The van der Waals surface area contributed by atoms with Crippen LogP contribution in [0.5, 0.6) is 0 Å². The van der Waals surface area contributed by atoms with Crippen molar-refractivity contribution >= 4 is 17.1 Å². The van der Waals surface area contributed by atoms with E-state index in [9.17, 15) is 4.79 Å². The van der Waals surface area contributed by atoms with Crippen molar-refractivity contribution in [2.45, 2.75) is 6.42 Å². The van der Waals surface area contributed by atoms with Crippen LogP contribution >= 0.6 is 11.3 Å². The summed E-state index contributed by atoms with van der Waals surface area (Å²) in [5.41, 5.74) is 0. The Morgan fingerprint density at radius 2 is 2.28 bits per heavy atom. The van der Waals surface area contributed by atoms with Crippen molar-refractivity contribution in [3.63, 3.8) is 0 Å². The first kappa shape index (κ1) is 13.7. The lowest BCUT2D eigenvalue weighted by molar-refractivity contribution is 0.0375. The monoisotopic (exact) mass is 268 g/mol. The number of carbonyl (C=O) groups excluding carboxylic acids is 1. The standard InChI is InChI=1S/C13H20N2O2S/c16-12(13-3-1-10-18-13)11-14-4-2-5-15-6-8-17-9-7-15/h1,3,10,14H,2,4-9,11H2. The second-order valence-corrected chi connectivity index (χ2v) is 5.33. The number of ether oxygens (including phenoxy) is 1. The Kier molecular flexibility index (Phi) is 5.80. The summed E-state index contributed by atoms with van der Waals surface area (Å²) >= 11 is 1.51. The molecule has 1 saturated heterocycles. The number of hydrogen-bond acceptors (Lipinski definition) is 5. The lowest BCUT2D eigenvalue weighted by Gasteiger charge is -2.26. The zero-order chi connectivity index (χ0) is 12.6. The number of Topliss-reactive ketones (excluding diaryl/α,β-unsaturated/α-hetero) is 1. The molecule has 1 aromatic rings. The number of hydrogen-bond donors (Lipinski definition) is 1. The van der Waals surface area contributed by atoms with Gasteiger partial charge in [0.05, 0.1) is 24.6 Å². The number of ketones is 1. The molecule has 0 atom stereocenters. The van der Waals surface area contributed by atoms with Gasteiger partial charge in [-0.3, -0.25) is 9.69 Å². The van der Waals surface area contributed by atoms with E-state index < -0.39 is 0 Å². The summed E-state index contributed by atoms with van der Waals surface area (Å²) in [7, 11) is 0. The van der Waals surface area contributed by atoms with E-state index in [0.717, 1.165) is 50.7 Å². The predicted octanol–water partition coefficient (Wildman–Crippen LogP) is 1.24. The van der Waals surface area contributed by atoms with Crippen LogP contribution in [0.1, 0.15) is 16.1 Å². The second-order valence-electron chi connectivity index (χ2n) is 4.38. The Bertz CT molecular complexity index is 348. The minimum absolute atomic E-state index is 0.191. The molecule has 1 fully saturated rings. The molecule has 0 bridgehead atoms. The minimum atomic E-state index is 0.191. The van der Waals surface area contributed by atoms with Gasteiger partial charge in [-0.2, -0.15) is 0 Å². The van der Waals surface area contributed by atoms with Crippen LogP contribution in [0.15, 0.2) is 17.5 Å². The van der Waals surface area contributed by atoms with E-state index in [1.165, 1.54) is 11.3 Å². The van der Waals surface area contributed by atoms with Gasteiger partial charge in [0.25, 0.3) is 0 Å². The number of rotatable bonds is 7. The molecule has 0 unspecified atom stereocenters. The fourth-order valence-electron chi connectivity index (χ4n) is 1.98. The molecule has 0 saturated carbocycles. The van der Waals surface area contributed by atoms with Crippen LogP contribution < -0.4 is 5.32 Å². The molecule has 1 aliphatic heterocycles. The van der Waals surface area contributed by atoms with Crippen molar-refractivity contribution in [1.29, 1.82) is 0 Å². The molecule has 0 aromatic carbocycles. The normalized spacial score (nSPS) is 16.9. The lowest BCUT2D eigenvalue weighted by atomic mass is 10.3. The average molecular weight is 268 g/mol. The van der Waals surface area contributed by atoms with Gasteiger partial charge in [0.1, 0.15) is 0 Å². The smallest absolute Gasteiger partial charge is 0.186 e. The minimum Gasteiger partial charge on any atom is -0.379 e. The third kappa shape index (κ3) is 4.49. The molecule has 18 heavy (non-hydrogen) atoms. The number of thiophene rings is 1.